The van der Waals surface area contributed by atoms with E-state index in [1.807, 2.05) is 24.3 Å². The smallest absolute Gasteiger partial charge is 0.256 e. The summed E-state index contributed by atoms with van der Waals surface area (Å²) in [6.07, 6.45) is 3.66. The summed E-state index contributed by atoms with van der Waals surface area (Å²) in [5.41, 5.74) is -0.0282. The normalized spacial score (nSPS) is 23.0. The van der Waals surface area contributed by atoms with Gasteiger partial charge in [-0.3, -0.25) is 4.79 Å². The number of amides is 1. The molecule has 1 aromatic carbocycles. The van der Waals surface area contributed by atoms with E-state index >= 15 is 0 Å². The average Bonchev–Trinajstić information content (AvgIpc) is 3.14. The van der Waals surface area contributed by atoms with E-state index in [2.05, 4.69) is 10.6 Å². The standard InChI is InChI=1S/C18H26N2O4/c1-22-18(7-9-19-10-8-18)17(21)20-14-4-2-5-15(12-14)24-13-16-6-3-11-23-16/h2,4-5,12,16,19H,3,6-11,13H2,1H3,(H,20,21). The number of piperidine rings is 1. The van der Waals surface area contributed by atoms with Gasteiger partial charge < -0.3 is 24.8 Å². The maximum Gasteiger partial charge on any atom is 0.256 e. The lowest BCUT2D eigenvalue weighted by atomic mass is 9.91. The van der Waals surface area contributed by atoms with E-state index in [0.717, 1.165) is 44.0 Å². The third-order valence-corrected chi connectivity index (χ3v) is 4.77. The van der Waals surface area contributed by atoms with Gasteiger partial charge >= 0.3 is 0 Å². The van der Waals surface area contributed by atoms with Crippen LogP contribution in [0.4, 0.5) is 5.69 Å². The molecule has 6 nitrogen and oxygen atoms in total. The first-order valence-corrected chi connectivity index (χ1v) is 8.64. The Morgan fingerprint density at radius 3 is 2.96 bits per heavy atom. The minimum Gasteiger partial charge on any atom is -0.491 e. The zero-order valence-corrected chi connectivity index (χ0v) is 14.2. The van der Waals surface area contributed by atoms with Crippen LogP contribution in [0.3, 0.4) is 0 Å². The van der Waals surface area contributed by atoms with Crippen molar-refractivity contribution in [3.05, 3.63) is 24.3 Å². The van der Waals surface area contributed by atoms with Crippen molar-refractivity contribution in [2.45, 2.75) is 37.4 Å². The Hall–Kier alpha value is -1.63. The predicted octanol–water partition coefficient (Wildman–Crippen LogP) is 1.95. The highest BCUT2D eigenvalue weighted by atomic mass is 16.5. The van der Waals surface area contributed by atoms with Gasteiger partial charge in [-0.15, -0.1) is 0 Å². The van der Waals surface area contributed by atoms with Crippen LogP contribution in [0, 0.1) is 0 Å². The first-order chi connectivity index (χ1) is 11.7. The minimum atomic E-state index is -0.750. The largest absolute Gasteiger partial charge is 0.491 e. The molecule has 0 aliphatic carbocycles. The van der Waals surface area contributed by atoms with Crippen LogP contribution in [0.5, 0.6) is 5.75 Å². The molecule has 0 spiro atoms. The van der Waals surface area contributed by atoms with E-state index in [0.29, 0.717) is 19.4 Å². The maximum atomic E-state index is 12.7. The summed E-state index contributed by atoms with van der Waals surface area (Å²) >= 11 is 0. The van der Waals surface area contributed by atoms with Crippen LogP contribution in [0.2, 0.25) is 0 Å². The fourth-order valence-electron chi connectivity index (χ4n) is 3.23. The summed E-state index contributed by atoms with van der Waals surface area (Å²) in [5, 5.41) is 6.22. The van der Waals surface area contributed by atoms with Crippen molar-refractivity contribution < 1.29 is 19.0 Å². The molecule has 1 amide bonds. The zero-order chi connectivity index (χ0) is 16.8. The number of carbonyl (C=O) groups is 1. The highest BCUT2D eigenvalue weighted by Crippen LogP contribution is 2.26. The van der Waals surface area contributed by atoms with E-state index in [1.165, 1.54) is 0 Å². The number of methoxy groups -OCH3 is 1. The highest BCUT2D eigenvalue weighted by Gasteiger charge is 2.39. The molecule has 0 bridgehead atoms. The van der Waals surface area contributed by atoms with Gasteiger partial charge in [0.15, 0.2) is 0 Å². The molecule has 0 radical (unpaired) electrons. The Morgan fingerprint density at radius 2 is 2.25 bits per heavy atom. The second-order valence-corrected chi connectivity index (χ2v) is 6.38. The van der Waals surface area contributed by atoms with Gasteiger partial charge in [0.25, 0.3) is 5.91 Å². The zero-order valence-electron chi connectivity index (χ0n) is 14.2. The van der Waals surface area contributed by atoms with Crippen LogP contribution in [0.25, 0.3) is 0 Å². The molecular weight excluding hydrogens is 308 g/mol. The Balaban J connectivity index is 1.59. The number of anilines is 1. The Bertz CT molecular complexity index is 552. The molecule has 1 atom stereocenters. The van der Waals surface area contributed by atoms with Crippen molar-refractivity contribution >= 4 is 11.6 Å². The lowest BCUT2D eigenvalue weighted by Gasteiger charge is -2.34. The van der Waals surface area contributed by atoms with Crippen LogP contribution in [-0.4, -0.2) is 51.0 Å². The van der Waals surface area contributed by atoms with E-state index in [1.54, 1.807) is 7.11 Å². The maximum absolute atomic E-state index is 12.7. The second-order valence-electron chi connectivity index (χ2n) is 6.38. The lowest BCUT2D eigenvalue weighted by Crippen LogP contribution is -2.51. The molecule has 2 N–H and O–H groups in total. The summed E-state index contributed by atoms with van der Waals surface area (Å²) in [7, 11) is 1.60. The number of hydrogen-bond donors (Lipinski definition) is 2. The molecule has 2 aliphatic heterocycles. The number of ether oxygens (including phenoxy) is 3. The number of nitrogens with one attached hydrogen (secondary N) is 2. The molecule has 24 heavy (non-hydrogen) atoms. The fraction of sp³-hybridized carbons (Fsp3) is 0.611. The van der Waals surface area contributed by atoms with Crippen LogP contribution in [-0.2, 0) is 14.3 Å². The van der Waals surface area contributed by atoms with Gasteiger partial charge in [-0.1, -0.05) is 6.07 Å². The molecule has 2 saturated heterocycles. The van der Waals surface area contributed by atoms with E-state index in [9.17, 15) is 4.79 Å². The summed E-state index contributed by atoms with van der Waals surface area (Å²) < 4.78 is 16.9. The van der Waals surface area contributed by atoms with Crippen molar-refractivity contribution in [1.82, 2.24) is 5.32 Å². The molecule has 1 aromatic rings. The Morgan fingerprint density at radius 1 is 1.42 bits per heavy atom. The molecular formula is C18H26N2O4. The summed E-state index contributed by atoms with van der Waals surface area (Å²) in [6.45, 7) is 2.93. The molecule has 6 heteroatoms. The molecule has 3 rings (SSSR count). The van der Waals surface area contributed by atoms with E-state index in [4.69, 9.17) is 14.2 Å². The van der Waals surface area contributed by atoms with Gasteiger partial charge in [0, 0.05) is 25.5 Å². The summed E-state index contributed by atoms with van der Waals surface area (Å²) in [4.78, 5) is 12.7. The Labute approximate surface area is 142 Å². The molecule has 2 fully saturated rings. The topological polar surface area (TPSA) is 68.8 Å². The van der Waals surface area contributed by atoms with Crippen molar-refractivity contribution in [3.63, 3.8) is 0 Å². The van der Waals surface area contributed by atoms with Crippen molar-refractivity contribution in [1.29, 1.82) is 0 Å². The number of carbonyl (C=O) groups excluding carboxylic acids is 1. The SMILES string of the molecule is COC1(C(=O)Nc2cccc(OCC3CCCO3)c2)CCNCC1. The lowest BCUT2D eigenvalue weighted by molar-refractivity contribution is -0.140. The highest BCUT2D eigenvalue weighted by molar-refractivity contribution is 5.97. The minimum absolute atomic E-state index is 0.0947. The third-order valence-electron chi connectivity index (χ3n) is 4.77. The van der Waals surface area contributed by atoms with E-state index < -0.39 is 5.60 Å². The molecule has 132 valence electrons. The second kappa shape index (κ2) is 7.96. The van der Waals surface area contributed by atoms with Crippen molar-refractivity contribution in [3.8, 4) is 5.75 Å². The Kier molecular flexibility index (Phi) is 5.71. The van der Waals surface area contributed by atoms with Crippen LogP contribution < -0.4 is 15.4 Å². The summed E-state index contributed by atoms with van der Waals surface area (Å²) in [5.74, 6) is 0.642. The molecule has 2 heterocycles. The van der Waals surface area contributed by atoms with Gasteiger partial charge in [-0.2, -0.15) is 0 Å². The van der Waals surface area contributed by atoms with Gasteiger partial charge in [0.05, 0.1) is 6.10 Å². The van der Waals surface area contributed by atoms with Crippen molar-refractivity contribution in [2.24, 2.45) is 0 Å². The first kappa shape index (κ1) is 17.2. The van der Waals surface area contributed by atoms with E-state index in [-0.39, 0.29) is 12.0 Å². The number of hydrogen-bond acceptors (Lipinski definition) is 5. The number of rotatable bonds is 6. The fourth-order valence-corrected chi connectivity index (χ4v) is 3.23. The van der Waals surface area contributed by atoms with Gasteiger partial charge in [0.1, 0.15) is 18.0 Å². The summed E-state index contributed by atoms with van der Waals surface area (Å²) in [6, 6.07) is 7.47. The van der Waals surface area contributed by atoms with Crippen molar-refractivity contribution in [2.75, 3.05) is 38.7 Å². The van der Waals surface area contributed by atoms with Crippen LogP contribution in [0.1, 0.15) is 25.7 Å². The molecule has 1 unspecified atom stereocenters. The third kappa shape index (κ3) is 4.06. The van der Waals surface area contributed by atoms with Gasteiger partial charge in [-0.05, 0) is 50.9 Å². The monoisotopic (exact) mass is 334 g/mol. The van der Waals surface area contributed by atoms with Crippen LogP contribution >= 0.6 is 0 Å². The van der Waals surface area contributed by atoms with Gasteiger partial charge in [-0.25, -0.2) is 0 Å². The predicted molar refractivity (Wildman–Crippen MR) is 91.4 cm³/mol. The van der Waals surface area contributed by atoms with Crippen LogP contribution in [0.15, 0.2) is 24.3 Å². The first-order valence-electron chi connectivity index (χ1n) is 8.64. The molecule has 0 aromatic heterocycles. The number of benzene rings is 1. The van der Waals surface area contributed by atoms with Gasteiger partial charge in [0.2, 0.25) is 0 Å². The average molecular weight is 334 g/mol. The molecule has 0 saturated carbocycles. The quantitative estimate of drug-likeness (QED) is 0.832. The molecule has 2 aliphatic rings.